The van der Waals surface area contributed by atoms with Gasteiger partial charge in [-0.1, -0.05) is 18.2 Å². The number of nitrogens with zero attached hydrogens (tertiary/aromatic N) is 2. The summed E-state index contributed by atoms with van der Waals surface area (Å²) in [7, 11) is 0. The largest absolute Gasteiger partial charge is 0.493 e. The highest BCUT2D eigenvalue weighted by molar-refractivity contribution is 8.18. The second kappa shape index (κ2) is 8.37. The van der Waals surface area contributed by atoms with E-state index in [0.717, 1.165) is 22.2 Å². The van der Waals surface area contributed by atoms with E-state index >= 15 is 0 Å². The molecule has 1 aromatic rings. The molecule has 0 unspecified atom stereocenters. The highest BCUT2D eigenvalue weighted by Crippen LogP contribution is 2.33. The van der Waals surface area contributed by atoms with Crippen molar-refractivity contribution in [3.8, 4) is 5.75 Å². The summed E-state index contributed by atoms with van der Waals surface area (Å²) in [6.07, 6.45) is 1.63. The van der Waals surface area contributed by atoms with E-state index in [2.05, 4.69) is 0 Å². The number of hydrogen-bond donors (Lipinski definition) is 0. The summed E-state index contributed by atoms with van der Waals surface area (Å²) in [5.41, 5.74) is 0.722. The molecule has 2 aliphatic heterocycles. The van der Waals surface area contributed by atoms with Crippen molar-refractivity contribution in [3.63, 3.8) is 0 Å². The van der Waals surface area contributed by atoms with Crippen LogP contribution >= 0.6 is 11.8 Å². The number of imide groups is 1. The maximum absolute atomic E-state index is 12.6. The Labute approximate surface area is 155 Å². The van der Waals surface area contributed by atoms with E-state index in [1.165, 1.54) is 0 Å². The van der Waals surface area contributed by atoms with Gasteiger partial charge in [0.2, 0.25) is 5.91 Å². The van der Waals surface area contributed by atoms with Crippen LogP contribution < -0.4 is 4.74 Å². The normalized spacial score (nSPS) is 19.3. The van der Waals surface area contributed by atoms with Crippen LogP contribution in [0.4, 0.5) is 4.79 Å². The first-order chi connectivity index (χ1) is 12.6. The smallest absolute Gasteiger partial charge is 0.294 e. The molecule has 138 valence electrons. The first kappa shape index (κ1) is 18.5. The van der Waals surface area contributed by atoms with Crippen molar-refractivity contribution in [2.24, 2.45) is 0 Å². The molecule has 0 aromatic heterocycles. The highest BCUT2D eigenvalue weighted by Gasteiger charge is 2.37. The number of benzene rings is 1. The molecule has 1 aromatic carbocycles. The fourth-order valence-corrected chi connectivity index (χ4v) is 3.54. The van der Waals surface area contributed by atoms with Crippen molar-refractivity contribution >= 4 is 34.9 Å². The van der Waals surface area contributed by atoms with Crippen LogP contribution in [0.5, 0.6) is 5.75 Å². The molecule has 0 aliphatic carbocycles. The topological polar surface area (TPSA) is 76.2 Å². The Morgan fingerprint density at radius 3 is 2.73 bits per heavy atom. The molecule has 0 atom stereocenters. The highest BCUT2D eigenvalue weighted by atomic mass is 32.2. The minimum absolute atomic E-state index is 0.241. The first-order valence-electron chi connectivity index (χ1n) is 8.43. The lowest BCUT2D eigenvalue weighted by atomic mass is 10.2. The molecule has 8 heteroatoms. The van der Waals surface area contributed by atoms with Gasteiger partial charge in [0.15, 0.2) is 0 Å². The van der Waals surface area contributed by atoms with E-state index in [4.69, 9.17) is 9.47 Å². The van der Waals surface area contributed by atoms with Crippen molar-refractivity contribution < 1.29 is 23.9 Å². The lowest BCUT2D eigenvalue weighted by Gasteiger charge is -2.28. The Balaban J connectivity index is 1.73. The van der Waals surface area contributed by atoms with E-state index < -0.39 is 11.1 Å². The molecule has 3 rings (SSSR count). The number of morpholine rings is 1. The fraction of sp³-hybridized carbons (Fsp3) is 0.389. The van der Waals surface area contributed by atoms with Crippen molar-refractivity contribution in [2.45, 2.75) is 6.92 Å². The zero-order valence-corrected chi connectivity index (χ0v) is 15.3. The third-order valence-electron chi connectivity index (χ3n) is 4.04. The van der Waals surface area contributed by atoms with Gasteiger partial charge in [0.05, 0.1) is 24.7 Å². The lowest BCUT2D eigenvalue weighted by molar-refractivity contribution is -0.139. The van der Waals surface area contributed by atoms with Gasteiger partial charge in [-0.25, -0.2) is 0 Å². The Kier molecular flexibility index (Phi) is 5.95. The summed E-state index contributed by atoms with van der Waals surface area (Å²) in [6.45, 7) is 4.04. The molecule has 7 nitrogen and oxygen atoms in total. The number of amides is 3. The Morgan fingerprint density at radius 2 is 2.00 bits per heavy atom. The molecule has 0 bridgehead atoms. The molecular formula is C18H20N2O5S. The average molecular weight is 376 g/mol. The third-order valence-corrected chi connectivity index (χ3v) is 4.94. The number of carbonyl (C=O) groups excluding carboxylic acids is 3. The Bertz CT molecular complexity index is 743. The van der Waals surface area contributed by atoms with Crippen LogP contribution in [0, 0.1) is 0 Å². The van der Waals surface area contributed by atoms with E-state index in [1.54, 1.807) is 11.0 Å². The molecular weight excluding hydrogens is 356 g/mol. The second-order valence-corrected chi connectivity index (χ2v) is 6.73. The summed E-state index contributed by atoms with van der Waals surface area (Å²) in [5, 5.41) is -0.434. The number of thioether (sulfide) groups is 1. The van der Waals surface area contributed by atoms with Gasteiger partial charge in [0.1, 0.15) is 12.3 Å². The van der Waals surface area contributed by atoms with Gasteiger partial charge in [-0.05, 0) is 30.8 Å². The zero-order valence-electron chi connectivity index (χ0n) is 14.5. The maximum Gasteiger partial charge on any atom is 0.294 e. The van der Waals surface area contributed by atoms with Gasteiger partial charge in [0.25, 0.3) is 11.1 Å². The Hall–Kier alpha value is -2.32. The van der Waals surface area contributed by atoms with Crippen LogP contribution in [0.1, 0.15) is 12.5 Å². The maximum atomic E-state index is 12.6. The number of ether oxygens (including phenoxy) is 2. The monoisotopic (exact) mass is 376 g/mol. The fourth-order valence-electron chi connectivity index (χ4n) is 2.71. The summed E-state index contributed by atoms with van der Waals surface area (Å²) in [6, 6.07) is 7.30. The molecule has 0 N–H and O–H groups in total. The number of rotatable bonds is 5. The van der Waals surface area contributed by atoms with Crippen molar-refractivity contribution in [2.75, 3.05) is 39.5 Å². The van der Waals surface area contributed by atoms with Crippen LogP contribution in [-0.4, -0.2) is 66.3 Å². The van der Waals surface area contributed by atoms with Gasteiger partial charge in [-0.3, -0.25) is 19.3 Å². The Morgan fingerprint density at radius 1 is 1.27 bits per heavy atom. The van der Waals surface area contributed by atoms with E-state index in [-0.39, 0.29) is 17.4 Å². The van der Waals surface area contributed by atoms with Gasteiger partial charge in [-0.15, -0.1) is 0 Å². The molecule has 2 saturated heterocycles. The number of carbonyl (C=O) groups is 3. The molecule has 3 amide bonds. The molecule has 2 fully saturated rings. The summed E-state index contributed by atoms with van der Waals surface area (Å²) in [5.74, 6) is -0.0503. The SMILES string of the molecule is CCOc1ccccc1/C=C1\SC(=O)N(CC(=O)N2CCOCC2)C1=O. The second-order valence-electron chi connectivity index (χ2n) is 5.73. The molecule has 0 saturated carbocycles. The minimum atomic E-state index is -0.451. The quantitative estimate of drug-likeness (QED) is 0.732. The summed E-state index contributed by atoms with van der Waals surface area (Å²) in [4.78, 5) is 40.0. The van der Waals surface area contributed by atoms with Gasteiger partial charge in [-0.2, -0.15) is 0 Å². The predicted molar refractivity (Wildman–Crippen MR) is 97.7 cm³/mol. The van der Waals surface area contributed by atoms with Crippen LogP contribution in [0.15, 0.2) is 29.2 Å². The van der Waals surface area contributed by atoms with Crippen LogP contribution in [0.25, 0.3) is 6.08 Å². The van der Waals surface area contributed by atoms with Crippen molar-refractivity contribution in [1.29, 1.82) is 0 Å². The molecule has 0 spiro atoms. The van der Waals surface area contributed by atoms with Gasteiger partial charge >= 0.3 is 0 Å². The van der Waals surface area contributed by atoms with Crippen molar-refractivity contribution in [1.82, 2.24) is 9.80 Å². The molecule has 0 radical (unpaired) electrons. The summed E-state index contributed by atoms with van der Waals surface area (Å²) < 4.78 is 10.8. The number of para-hydroxylation sites is 1. The van der Waals surface area contributed by atoms with Crippen LogP contribution in [-0.2, 0) is 14.3 Å². The number of hydrogen-bond acceptors (Lipinski definition) is 6. The third kappa shape index (κ3) is 4.08. The summed E-state index contributed by atoms with van der Waals surface area (Å²) >= 11 is 0.840. The lowest BCUT2D eigenvalue weighted by Crippen LogP contribution is -2.46. The van der Waals surface area contributed by atoms with E-state index in [1.807, 2.05) is 31.2 Å². The van der Waals surface area contributed by atoms with Gasteiger partial charge < -0.3 is 14.4 Å². The van der Waals surface area contributed by atoms with E-state index in [9.17, 15) is 14.4 Å². The van der Waals surface area contributed by atoms with Crippen molar-refractivity contribution in [3.05, 3.63) is 34.7 Å². The molecule has 2 aliphatic rings. The minimum Gasteiger partial charge on any atom is -0.493 e. The molecule has 2 heterocycles. The standard InChI is InChI=1S/C18H20N2O5S/c1-2-25-14-6-4-3-5-13(14)11-15-17(22)20(18(23)26-15)12-16(21)19-7-9-24-10-8-19/h3-6,11H,2,7-10,12H2,1H3/b15-11-. The average Bonchev–Trinajstić information content (AvgIpc) is 2.91. The zero-order chi connectivity index (χ0) is 18.5. The van der Waals surface area contributed by atoms with Crippen LogP contribution in [0.2, 0.25) is 0 Å². The predicted octanol–water partition coefficient (Wildman–Crippen LogP) is 1.98. The first-order valence-corrected chi connectivity index (χ1v) is 9.24. The molecule has 26 heavy (non-hydrogen) atoms. The van der Waals surface area contributed by atoms with Crippen LogP contribution in [0.3, 0.4) is 0 Å². The van der Waals surface area contributed by atoms with Gasteiger partial charge in [0, 0.05) is 18.7 Å². The van der Waals surface area contributed by atoms with E-state index in [0.29, 0.717) is 38.7 Å².